The fourth-order valence-corrected chi connectivity index (χ4v) is 12.4. The van der Waals surface area contributed by atoms with Crippen LogP contribution in [0.4, 0.5) is 39.5 Å². The molecule has 5 unspecified atom stereocenters. The summed E-state index contributed by atoms with van der Waals surface area (Å²) < 4.78 is 146. The minimum absolute atomic E-state index is 0.0735. The highest BCUT2D eigenvalue weighted by molar-refractivity contribution is 8.77. The Morgan fingerprint density at radius 2 is 1.47 bits per heavy atom. The lowest BCUT2D eigenvalue weighted by molar-refractivity contribution is -0.457. The molecule has 0 saturated heterocycles. The van der Waals surface area contributed by atoms with Gasteiger partial charge in [-0.25, -0.2) is 0 Å². The van der Waals surface area contributed by atoms with Crippen LogP contribution < -0.4 is 4.74 Å². The molecule has 0 radical (unpaired) electrons. The highest BCUT2D eigenvalue weighted by Gasteiger charge is 2.85. The Hall–Kier alpha value is -1.11. The van der Waals surface area contributed by atoms with E-state index in [4.69, 9.17) is 18.9 Å². The summed E-state index contributed by atoms with van der Waals surface area (Å²) in [6.45, 7) is 7.18. The number of benzene rings is 1. The number of aryl methyl sites for hydroxylation is 1. The molecular formula is C43H66F9NO5S2. The molecule has 60 heavy (non-hydrogen) atoms. The van der Waals surface area contributed by atoms with E-state index in [9.17, 15) is 39.5 Å². The van der Waals surface area contributed by atoms with Gasteiger partial charge in [0.1, 0.15) is 5.75 Å². The number of halogens is 9. The summed E-state index contributed by atoms with van der Waals surface area (Å²) in [5.41, 5.74) is -3.60. The Bertz CT molecular complexity index is 1410. The van der Waals surface area contributed by atoms with Gasteiger partial charge in [-0.05, 0) is 125 Å². The van der Waals surface area contributed by atoms with Crippen LogP contribution in [0.15, 0.2) is 18.2 Å². The molecule has 0 amide bonds. The molecule has 0 heterocycles. The number of methoxy groups -OCH3 is 2. The predicted molar refractivity (Wildman–Crippen MR) is 220 cm³/mol. The smallest absolute Gasteiger partial charge is 0.435 e. The molecule has 2 fully saturated rings. The van der Waals surface area contributed by atoms with Gasteiger partial charge in [-0.1, -0.05) is 53.8 Å². The van der Waals surface area contributed by atoms with Crippen LogP contribution in [0.2, 0.25) is 0 Å². The van der Waals surface area contributed by atoms with Crippen molar-refractivity contribution in [3.05, 3.63) is 29.3 Å². The summed E-state index contributed by atoms with van der Waals surface area (Å²) in [5.74, 6) is 3.90. The molecule has 2 saturated carbocycles. The average molecular weight is 912 g/mol. The van der Waals surface area contributed by atoms with Gasteiger partial charge in [-0.2, -0.15) is 39.5 Å². The van der Waals surface area contributed by atoms with Crippen molar-refractivity contribution in [3.8, 4) is 5.75 Å². The highest BCUT2D eigenvalue weighted by atomic mass is 33.1. The molecule has 0 bridgehead atoms. The number of hydrogen-bond donors (Lipinski definition) is 0. The molecular weight excluding hydrogens is 846 g/mol. The Labute approximate surface area is 358 Å². The fourth-order valence-electron chi connectivity index (χ4n) is 9.71. The molecule has 348 valence electrons. The maximum absolute atomic E-state index is 13.2. The molecule has 5 atom stereocenters. The number of rotatable bonds is 25. The second-order valence-corrected chi connectivity index (χ2v) is 20.9. The molecule has 6 nitrogen and oxygen atoms in total. The number of ether oxygens (including phenoxy) is 5. The zero-order valence-corrected chi connectivity index (χ0v) is 37.6. The van der Waals surface area contributed by atoms with E-state index < -0.39 is 37.3 Å². The van der Waals surface area contributed by atoms with Crippen LogP contribution in [-0.2, 0) is 25.4 Å². The molecule has 17 heteroatoms. The first-order valence-electron chi connectivity index (χ1n) is 21.3. The number of hydrogen-bond acceptors (Lipinski definition) is 8. The second kappa shape index (κ2) is 22.2. The van der Waals surface area contributed by atoms with Crippen molar-refractivity contribution >= 4 is 21.6 Å². The molecule has 0 spiro atoms. The van der Waals surface area contributed by atoms with Crippen LogP contribution in [0.5, 0.6) is 5.75 Å². The largest absolute Gasteiger partial charge is 0.494 e. The van der Waals surface area contributed by atoms with E-state index >= 15 is 0 Å². The summed E-state index contributed by atoms with van der Waals surface area (Å²) >= 11 is 0. The number of nitrogens with zero attached hydrogens (tertiary/aromatic N) is 1. The molecule has 1 aromatic rings. The van der Waals surface area contributed by atoms with Crippen molar-refractivity contribution in [2.24, 2.45) is 23.2 Å². The van der Waals surface area contributed by atoms with Crippen molar-refractivity contribution < 1.29 is 63.2 Å². The molecule has 0 aliphatic heterocycles. The summed E-state index contributed by atoms with van der Waals surface area (Å²) in [6, 6.07) is 6.58. The van der Waals surface area contributed by atoms with Gasteiger partial charge in [-0.3, -0.25) is 0 Å². The average Bonchev–Trinajstić information content (AvgIpc) is 3.48. The normalized spacial score (nSPS) is 23.9. The third kappa shape index (κ3) is 13.0. The number of likely N-dealkylation sites (N-methyl/N-ethyl adjacent to an activating group) is 1. The van der Waals surface area contributed by atoms with Gasteiger partial charge < -0.3 is 28.6 Å². The van der Waals surface area contributed by atoms with Gasteiger partial charge in [0.25, 0.3) is 0 Å². The minimum atomic E-state index is -6.74. The van der Waals surface area contributed by atoms with Gasteiger partial charge in [0, 0.05) is 43.7 Å². The summed E-state index contributed by atoms with van der Waals surface area (Å²) in [6.07, 6.45) is -7.50. The van der Waals surface area contributed by atoms with E-state index in [1.165, 1.54) is 48.8 Å². The standard InChI is InChI=1S/C43H66F9NO5S2/c1-38(2,60-59-26-10-8-7-9-11-30(28-54-5)29-55-6)20-23-56-32-13-15-33-31(27-32)12-14-35-34(33)18-19-39(3)36(35)16-17-37(39)57-24-21-53(4)22-25-58-40(41(44,45)46,42(47,48)49)43(50,51)52/h13,15,27,30,34-37H,7-12,14,16-26,28-29H2,1-6H3. The maximum Gasteiger partial charge on any atom is 0.435 e. The fraction of sp³-hybridized carbons (Fsp3) is 0.860. The quantitative estimate of drug-likeness (QED) is 0.0546. The summed E-state index contributed by atoms with van der Waals surface area (Å²) in [5, 5.41) is 0. The van der Waals surface area contributed by atoms with E-state index in [-0.39, 0.29) is 29.4 Å². The summed E-state index contributed by atoms with van der Waals surface area (Å²) in [7, 11) is 8.77. The van der Waals surface area contributed by atoms with Gasteiger partial charge in [0.15, 0.2) is 0 Å². The Balaban J connectivity index is 1.17. The topological polar surface area (TPSA) is 49.4 Å². The Morgan fingerprint density at radius 3 is 2.12 bits per heavy atom. The Morgan fingerprint density at radius 1 is 0.817 bits per heavy atom. The van der Waals surface area contributed by atoms with Crippen LogP contribution in [0.25, 0.3) is 0 Å². The van der Waals surface area contributed by atoms with Crippen molar-refractivity contribution in [1.82, 2.24) is 4.90 Å². The molecule has 1 aromatic carbocycles. The van der Waals surface area contributed by atoms with Crippen LogP contribution in [0.3, 0.4) is 0 Å². The van der Waals surface area contributed by atoms with Crippen LogP contribution >= 0.6 is 21.6 Å². The lowest BCUT2D eigenvalue weighted by Crippen LogP contribution is -2.68. The van der Waals surface area contributed by atoms with Crippen molar-refractivity contribution in [3.63, 3.8) is 0 Å². The van der Waals surface area contributed by atoms with Gasteiger partial charge in [0.05, 0.1) is 39.1 Å². The van der Waals surface area contributed by atoms with E-state index in [2.05, 4.69) is 43.7 Å². The molecule has 0 aromatic heterocycles. The third-order valence-corrected chi connectivity index (χ3v) is 16.5. The molecule has 0 N–H and O–H groups in total. The van der Waals surface area contributed by atoms with Crippen LogP contribution in [0, 0.1) is 23.2 Å². The second-order valence-electron chi connectivity index (χ2n) is 17.8. The summed E-state index contributed by atoms with van der Waals surface area (Å²) in [4.78, 5) is 1.31. The van der Waals surface area contributed by atoms with E-state index in [0.29, 0.717) is 30.3 Å². The van der Waals surface area contributed by atoms with E-state index in [0.717, 1.165) is 76.1 Å². The van der Waals surface area contributed by atoms with E-state index in [1.54, 1.807) is 14.2 Å². The zero-order valence-electron chi connectivity index (χ0n) is 36.0. The third-order valence-electron chi connectivity index (χ3n) is 13.0. The first-order valence-corrected chi connectivity index (χ1v) is 23.6. The maximum atomic E-state index is 13.2. The predicted octanol–water partition coefficient (Wildman–Crippen LogP) is 12.1. The first-order chi connectivity index (χ1) is 28.1. The first kappa shape index (κ1) is 51.5. The highest BCUT2D eigenvalue weighted by Crippen LogP contribution is 2.62. The number of alkyl halides is 9. The zero-order chi connectivity index (χ0) is 44.4. The van der Waals surface area contributed by atoms with Gasteiger partial charge >= 0.3 is 24.1 Å². The van der Waals surface area contributed by atoms with Crippen LogP contribution in [-0.4, -0.2) is 113 Å². The van der Waals surface area contributed by atoms with Crippen molar-refractivity contribution in [2.75, 3.05) is 73.1 Å². The van der Waals surface area contributed by atoms with Crippen molar-refractivity contribution in [2.45, 2.75) is 139 Å². The number of fused-ring (bicyclic) bond motifs is 5. The molecule has 3 aliphatic carbocycles. The minimum Gasteiger partial charge on any atom is -0.494 e. The molecule has 4 rings (SSSR count). The SMILES string of the molecule is COCC(CCCCCCSSC(C)(C)CCOc1ccc2c(c1)CCC1C2CCC2(C)C(OCCN(C)CCOC(C(F)(F)F)(C(F)(F)F)C(F)(F)F)CCC12)COC. The number of unbranched alkanes of at least 4 members (excludes halogenated alkanes) is 3. The van der Waals surface area contributed by atoms with Crippen LogP contribution in [0.1, 0.15) is 108 Å². The lowest BCUT2D eigenvalue weighted by Gasteiger charge is -2.50. The van der Waals surface area contributed by atoms with E-state index in [1.807, 2.05) is 21.6 Å². The van der Waals surface area contributed by atoms with Gasteiger partial charge in [0.2, 0.25) is 0 Å². The van der Waals surface area contributed by atoms with Gasteiger partial charge in [-0.15, -0.1) is 0 Å². The van der Waals surface area contributed by atoms with Crippen molar-refractivity contribution in [1.29, 1.82) is 0 Å². The molecule has 3 aliphatic rings. The Kier molecular flexibility index (Phi) is 19.1. The monoisotopic (exact) mass is 911 g/mol. The lowest BCUT2D eigenvalue weighted by atomic mass is 9.55.